The van der Waals surface area contributed by atoms with Gasteiger partial charge in [-0.3, -0.25) is 4.79 Å². The molecule has 1 amide bonds. The van der Waals surface area contributed by atoms with E-state index in [4.69, 9.17) is 21.1 Å². The average molecular weight is 443 g/mol. The minimum atomic E-state index is 0.00798. The summed E-state index contributed by atoms with van der Waals surface area (Å²) in [5, 5.41) is 3.60. The molecule has 0 spiro atoms. The first-order valence-corrected chi connectivity index (χ1v) is 10.1. The van der Waals surface area contributed by atoms with Crippen molar-refractivity contribution in [2.24, 2.45) is 0 Å². The molecule has 3 rings (SSSR count). The highest BCUT2D eigenvalue weighted by Crippen LogP contribution is 2.36. The van der Waals surface area contributed by atoms with E-state index in [2.05, 4.69) is 21.2 Å². The number of nitrogens with one attached hydrogen (secondary N) is 1. The van der Waals surface area contributed by atoms with Crippen LogP contribution in [0.4, 0.5) is 0 Å². The van der Waals surface area contributed by atoms with E-state index in [0.29, 0.717) is 36.3 Å². The summed E-state index contributed by atoms with van der Waals surface area (Å²) in [4.78, 5) is 12.0. The third-order valence-electron chi connectivity index (χ3n) is 3.60. The lowest BCUT2D eigenvalue weighted by Crippen LogP contribution is -2.24. The number of thioether (sulfide) groups is 1. The van der Waals surface area contributed by atoms with Gasteiger partial charge in [-0.05, 0) is 35.4 Å². The molecule has 0 atom stereocenters. The number of amides is 1. The highest BCUT2D eigenvalue weighted by molar-refractivity contribution is 9.10. The lowest BCUT2D eigenvalue weighted by Gasteiger charge is -2.19. The van der Waals surface area contributed by atoms with Crippen LogP contribution in [0.1, 0.15) is 11.1 Å². The summed E-state index contributed by atoms with van der Waals surface area (Å²) < 4.78 is 12.1. The second-order valence-electron chi connectivity index (χ2n) is 5.48. The first-order chi connectivity index (χ1) is 12.1. The number of ether oxygens (including phenoxy) is 2. The zero-order valence-corrected chi connectivity index (χ0v) is 16.5. The molecule has 7 heteroatoms. The van der Waals surface area contributed by atoms with Crippen molar-refractivity contribution >= 4 is 45.2 Å². The van der Waals surface area contributed by atoms with Crippen molar-refractivity contribution in [2.75, 3.05) is 19.0 Å². The Balaban J connectivity index is 1.46. The normalized spacial score (nSPS) is 12.7. The summed E-state index contributed by atoms with van der Waals surface area (Å²) in [5.41, 5.74) is 2.11. The minimum absolute atomic E-state index is 0.00798. The first kappa shape index (κ1) is 18.4. The van der Waals surface area contributed by atoms with Crippen LogP contribution in [0, 0.1) is 0 Å². The largest absolute Gasteiger partial charge is 0.486 e. The van der Waals surface area contributed by atoms with Crippen LogP contribution in [0.25, 0.3) is 0 Å². The quantitative estimate of drug-likeness (QED) is 0.719. The van der Waals surface area contributed by atoms with Crippen molar-refractivity contribution < 1.29 is 14.3 Å². The van der Waals surface area contributed by atoms with Crippen molar-refractivity contribution in [3.05, 3.63) is 57.0 Å². The number of benzene rings is 2. The summed E-state index contributed by atoms with van der Waals surface area (Å²) in [6.07, 6.45) is 0. The Morgan fingerprint density at radius 2 is 1.84 bits per heavy atom. The van der Waals surface area contributed by atoms with E-state index < -0.39 is 0 Å². The molecule has 25 heavy (non-hydrogen) atoms. The van der Waals surface area contributed by atoms with Crippen molar-refractivity contribution in [3.63, 3.8) is 0 Å². The van der Waals surface area contributed by atoms with E-state index in [1.165, 1.54) is 0 Å². The molecule has 4 nitrogen and oxygen atoms in total. The van der Waals surface area contributed by atoms with Gasteiger partial charge >= 0.3 is 0 Å². The zero-order valence-electron chi connectivity index (χ0n) is 13.4. The van der Waals surface area contributed by atoms with Gasteiger partial charge < -0.3 is 14.8 Å². The average Bonchev–Trinajstić information content (AvgIpc) is 2.61. The Labute approximate surface area is 164 Å². The molecule has 0 saturated heterocycles. The maximum absolute atomic E-state index is 12.0. The van der Waals surface area contributed by atoms with Crippen LogP contribution in [-0.2, 0) is 17.1 Å². The molecule has 0 unspecified atom stereocenters. The predicted octanol–water partition coefficient (Wildman–Crippen LogP) is 4.42. The third kappa shape index (κ3) is 5.30. The molecule has 132 valence electrons. The first-order valence-electron chi connectivity index (χ1n) is 7.79. The van der Waals surface area contributed by atoms with Crippen LogP contribution in [0.3, 0.4) is 0 Å². The SMILES string of the molecule is O=C(CSCc1cc2c(cc1Br)OCCO2)NCc1ccc(Cl)cc1. The van der Waals surface area contributed by atoms with Gasteiger partial charge in [0.05, 0.1) is 5.75 Å². The number of rotatable bonds is 6. The molecule has 0 aliphatic carbocycles. The Bertz CT molecular complexity index is 755. The molecule has 0 bridgehead atoms. The maximum atomic E-state index is 12.0. The van der Waals surface area contributed by atoms with Crippen LogP contribution in [0.2, 0.25) is 5.02 Å². The Kier molecular flexibility index (Phi) is 6.51. The molecule has 1 N–H and O–H groups in total. The minimum Gasteiger partial charge on any atom is -0.486 e. The molecule has 2 aromatic carbocycles. The molecule has 0 saturated carbocycles. The van der Waals surface area contributed by atoms with Crippen molar-refractivity contribution in [1.29, 1.82) is 0 Å². The Morgan fingerprint density at radius 3 is 2.56 bits per heavy atom. The fraction of sp³-hybridized carbons (Fsp3) is 0.278. The van der Waals surface area contributed by atoms with Crippen LogP contribution in [0.15, 0.2) is 40.9 Å². The molecule has 0 aromatic heterocycles. The van der Waals surface area contributed by atoms with Crippen LogP contribution >= 0.6 is 39.3 Å². The highest BCUT2D eigenvalue weighted by Gasteiger charge is 2.15. The summed E-state index contributed by atoms with van der Waals surface area (Å²) in [7, 11) is 0. The van der Waals surface area contributed by atoms with Gasteiger partial charge in [-0.2, -0.15) is 0 Å². The van der Waals surface area contributed by atoms with Gasteiger partial charge in [-0.1, -0.05) is 39.7 Å². The number of halogens is 2. The predicted molar refractivity (Wildman–Crippen MR) is 105 cm³/mol. The van der Waals surface area contributed by atoms with E-state index in [9.17, 15) is 4.79 Å². The summed E-state index contributed by atoms with van der Waals surface area (Å²) in [6.45, 7) is 1.64. The summed E-state index contributed by atoms with van der Waals surface area (Å²) in [5.74, 6) is 2.64. The van der Waals surface area contributed by atoms with Gasteiger partial charge in [0.2, 0.25) is 5.91 Å². The van der Waals surface area contributed by atoms with Crippen molar-refractivity contribution in [1.82, 2.24) is 5.32 Å². The lowest BCUT2D eigenvalue weighted by atomic mass is 10.2. The van der Waals surface area contributed by atoms with E-state index in [1.54, 1.807) is 11.8 Å². The number of fused-ring (bicyclic) bond motifs is 1. The highest BCUT2D eigenvalue weighted by atomic mass is 79.9. The van der Waals surface area contributed by atoms with Gasteiger partial charge in [0.25, 0.3) is 0 Å². The standard InChI is InChI=1S/C18H17BrClNO3S/c19-15-8-17-16(23-5-6-24-17)7-13(15)10-25-11-18(22)21-9-12-1-3-14(20)4-2-12/h1-4,7-8H,5-6,9-11H2,(H,21,22). The second-order valence-corrected chi connectivity index (χ2v) is 7.76. The van der Waals surface area contributed by atoms with Gasteiger partial charge in [-0.15, -0.1) is 11.8 Å². The Morgan fingerprint density at radius 1 is 1.16 bits per heavy atom. The molecular formula is C18H17BrClNO3S. The maximum Gasteiger partial charge on any atom is 0.230 e. The van der Waals surface area contributed by atoms with Crippen molar-refractivity contribution in [3.8, 4) is 11.5 Å². The number of carbonyl (C=O) groups excluding carboxylic acids is 1. The van der Waals surface area contributed by atoms with Gasteiger partial charge in [0, 0.05) is 21.8 Å². The molecule has 1 heterocycles. The molecular weight excluding hydrogens is 426 g/mol. The second kappa shape index (κ2) is 8.83. The van der Waals surface area contributed by atoms with Crippen LogP contribution in [-0.4, -0.2) is 24.9 Å². The van der Waals surface area contributed by atoms with Crippen molar-refractivity contribution in [2.45, 2.75) is 12.3 Å². The van der Waals surface area contributed by atoms with Crippen LogP contribution < -0.4 is 14.8 Å². The summed E-state index contributed by atoms with van der Waals surface area (Å²) >= 11 is 11.0. The molecule has 1 aliphatic heterocycles. The summed E-state index contributed by atoms with van der Waals surface area (Å²) in [6, 6.07) is 11.3. The lowest BCUT2D eigenvalue weighted by molar-refractivity contribution is -0.118. The van der Waals surface area contributed by atoms with E-state index in [1.807, 2.05) is 36.4 Å². The van der Waals surface area contributed by atoms with Gasteiger partial charge in [0.1, 0.15) is 13.2 Å². The monoisotopic (exact) mass is 441 g/mol. The number of carbonyl (C=O) groups is 1. The fourth-order valence-electron chi connectivity index (χ4n) is 2.32. The molecule has 2 aromatic rings. The van der Waals surface area contributed by atoms with Crippen LogP contribution in [0.5, 0.6) is 11.5 Å². The number of hydrogen-bond acceptors (Lipinski definition) is 4. The topological polar surface area (TPSA) is 47.6 Å². The molecule has 0 fully saturated rings. The Hall–Kier alpha value is -1.37. The number of hydrogen-bond donors (Lipinski definition) is 1. The zero-order chi connectivity index (χ0) is 17.6. The van der Waals surface area contributed by atoms with Gasteiger partial charge in [-0.25, -0.2) is 0 Å². The third-order valence-corrected chi connectivity index (χ3v) is 5.58. The molecule has 0 radical (unpaired) electrons. The molecule has 1 aliphatic rings. The van der Waals surface area contributed by atoms with Gasteiger partial charge in [0.15, 0.2) is 11.5 Å². The smallest absolute Gasteiger partial charge is 0.230 e. The van der Waals surface area contributed by atoms with E-state index in [0.717, 1.165) is 27.1 Å². The fourth-order valence-corrected chi connectivity index (χ4v) is 3.95. The van der Waals surface area contributed by atoms with E-state index >= 15 is 0 Å². The van der Waals surface area contributed by atoms with E-state index in [-0.39, 0.29) is 5.91 Å².